The van der Waals surface area contributed by atoms with Crippen LogP contribution < -0.4 is 10.6 Å². The Morgan fingerprint density at radius 3 is 2.84 bits per heavy atom. The Kier molecular flexibility index (Phi) is 5.19. The third kappa shape index (κ3) is 4.64. The summed E-state index contributed by atoms with van der Waals surface area (Å²) < 4.78 is 37.2. The van der Waals surface area contributed by atoms with Gasteiger partial charge in [-0.15, -0.1) is 0 Å². The number of carbonyl (C=O) groups is 1. The quantitative estimate of drug-likeness (QED) is 0.770. The van der Waals surface area contributed by atoms with Gasteiger partial charge in [-0.25, -0.2) is 4.79 Å². The molecule has 138 valence electrons. The number of fused-ring (bicyclic) bond motifs is 1. The van der Waals surface area contributed by atoms with Gasteiger partial charge in [0.25, 0.3) is 0 Å². The molecular weight excluding hydrogens is 335 g/mol. The number of rotatable bonds is 4. The number of benzene rings is 1. The van der Waals surface area contributed by atoms with Crippen LogP contribution in [0.25, 0.3) is 0 Å². The first-order valence-corrected chi connectivity index (χ1v) is 8.41. The van der Waals surface area contributed by atoms with Crippen molar-refractivity contribution in [3.8, 4) is 0 Å². The molecule has 8 heteroatoms. The fourth-order valence-electron chi connectivity index (χ4n) is 3.65. The first-order valence-electron chi connectivity index (χ1n) is 8.41. The van der Waals surface area contributed by atoms with Crippen LogP contribution in [0.3, 0.4) is 0 Å². The first kappa shape index (κ1) is 18.0. The van der Waals surface area contributed by atoms with E-state index in [1.807, 2.05) is 24.3 Å². The number of aliphatic hydroxyl groups is 1. The van der Waals surface area contributed by atoms with E-state index in [1.54, 1.807) is 0 Å². The Labute approximate surface area is 144 Å². The van der Waals surface area contributed by atoms with E-state index in [9.17, 15) is 23.1 Å². The van der Waals surface area contributed by atoms with Gasteiger partial charge in [-0.3, -0.25) is 4.90 Å². The van der Waals surface area contributed by atoms with Gasteiger partial charge in [0.2, 0.25) is 0 Å². The molecule has 1 aromatic rings. The maximum absolute atomic E-state index is 12.4. The van der Waals surface area contributed by atoms with Crippen LogP contribution in [0.15, 0.2) is 24.3 Å². The summed E-state index contributed by atoms with van der Waals surface area (Å²) in [5.41, 5.74) is 1.92. The van der Waals surface area contributed by atoms with Gasteiger partial charge in [-0.2, -0.15) is 13.2 Å². The van der Waals surface area contributed by atoms with Crippen LogP contribution >= 0.6 is 0 Å². The van der Waals surface area contributed by atoms with Crippen molar-refractivity contribution in [2.75, 3.05) is 26.2 Å². The van der Waals surface area contributed by atoms with Gasteiger partial charge < -0.3 is 15.7 Å². The van der Waals surface area contributed by atoms with Crippen molar-refractivity contribution in [2.24, 2.45) is 5.92 Å². The molecule has 1 saturated heterocycles. The maximum atomic E-state index is 12.4. The molecule has 2 aliphatic rings. The molecule has 0 radical (unpaired) electrons. The van der Waals surface area contributed by atoms with E-state index in [0.717, 1.165) is 11.1 Å². The predicted octanol–water partition coefficient (Wildman–Crippen LogP) is 1.83. The zero-order valence-electron chi connectivity index (χ0n) is 13.7. The Morgan fingerprint density at radius 2 is 2.08 bits per heavy atom. The molecule has 1 aliphatic carbocycles. The summed E-state index contributed by atoms with van der Waals surface area (Å²) in [5.74, 6) is 0.00823. The molecule has 0 spiro atoms. The molecule has 5 nitrogen and oxygen atoms in total. The molecule has 25 heavy (non-hydrogen) atoms. The lowest BCUT2D eigenvalue weighted by Crippen LogP contribution is -2.43. The van der Waals surface area contributed by atoms with Crippen molar-refractivity contribution >= 4 is 6.03 Å². The van der Waals surface area contributed by atoms with Crippen molar-refractivity contribution in [3.05, 3.63) is 35.4 Å². The van der Waals surface area contributed by atoms with Gasteiger partial charge in [-0.1, -0.05) is 24.3 Å². The zero-order chi connectivity index (χ0) is 18.0. The second-order valence-electron chi connectivity index (χ2n) is 6.81. The SMILES string of the molecule is O=C(NCC1CCN(CC(F)(F)F)C1)NC1c2ccccc2CC1O. The lowest BCUT2D eigenvalue weighted by atomic mass is 10.1. The Balaban J connectivity index is 1.45. The van der Waals surface area contributed by atoms with Crippen LogP contribution in [0, 0.1) is 5.92 Å². The first-order chi connectivity index (χ1) is 11.8. The summed E-state index contributed by atoms with van der Waals surface area (Å²) in [5, 5.41) is 15.6. The lowest BCUT2D eigenvalue weighted by Gasteiger charge is -2.20. The number of nitrogens with one attached hydrogen (secondary N) is 2. The van der Waals surface area contributed by atoms with Crippen molar-refractivity contribution < 1.29 is 23.1 Å². The molecule has 3 rings (SSSR count). The Morgan fingerprint density at radius 1 is 1.32 bits per heavy atom. The second kappa shape index (κ2) is 7.21. The average molecular weight is 357 g/mol. The third-order valence-electron chi connectivity index (χ3n) is 4.81. The number of likely N-dealkylation sites (tertiary alicyclic amines) is 1. The Bertz CT molecular complexity index is 623. The molecule has 1 aromatic carbocycles. The third-order valence-corrected chi connectivity index (χ3v) is 4.81. The van der Waals surface area contributed by atoms with E-state index < -0.39 is 30.9 Å². The van der Waals surface area contributed by atoms with Gasteiger partial charge in [0.1, 0.15) is 0 Å². The molecule has 3 unspecified atom stereocenters. The number of aliphatic hydroxyl groups excluding tert-OH is 1. The monoisotopic (exact) mass is 357 g/mol. The molecule has 3 N–H and O–H groups in total. The number of hydrogen-bond donors (Lipinski definition) is 3. The zero-order valence-corrected chi connectivity index (χ0v) is 13.7. The van der Waals surface area contributed by atoms with Gasteiger partial charge >= 0.3 is 12.2 Å². The summed E-state index contributed by atoms with van der Waals surface area (Å²) in [7, 11) is 0. The van der Waals surface area contributed by atoms with Gasteiger partial charge in [0.05, 0.1) is 18.7 Å². The van der Waals surface area contributed by atoms with Crippen molar-refractivity contribution in [1.29, 1.82) is 0 Å². The minimum absolute atomic E-state index is 0.00823. The summed E-state index contributed by atoms with van der Waals surface area (Å²) in [4.78, 5) is 13.5. The fourth-order valence-corrected chi connectivity index (χ4v) is 3.65. The van der Waals surface area contributed by atoms with Crippen LogP contribution in [0.1, 0.15) is 23.6 Å². The van der Waals surface area contributed by atoms with Crippen LogP contribution in [-0.4, -0.2) is 54.5 Å². The molecule has 1 fully saturated rings. The highest BCUT2D eigenvalue weighted by molar-refractivity contribution is 5.74. The van der Waals surface area contributed by atoms with E-state index in [2.05, 4.69) is 10.6 Å². The largest absolute Gasteiger partial charge is 0.401 e. The standard InChI is InChI=1S/C17H22F3N3O2/c18-17(19,20)10-23-6-5-11(9-23)8-21-16(25)22-15-13-4-2-1-3-12(13)7-14(15)24/h1-4,11,14-15,24H,5-10H2,(H2,21,22,25). The van der Waals surface area contributed by atoms with Gasteiger partial charge in [-0.05, 0) is 30.0 Å². The number of alkyl halides is 3. The van der Waals surface area contributed by atoms with E-state index >= 15 is 0 Å². The molecule has 0 saturated carbocycles. The van der Waals surface area contributed by atoms with Gasteiger partial charge in [0, 0.05) is 19.5 Å². The minimum atomic E-state index is -4.19. The van der Waals surface area contributed by atoms with E-state index in [1.165, 1.54) is 4.90 Å². The molecule has 2 amide bonds. The molecular formula is C17H22F3N3O2. The number of carbonyl (C=O) groups excluding carboxylic acids is 1. The summed E-state index contributed by atoms with van der Waals surface area (Å²) in [6.45, 7) is 0.141. The van der Waals surface area contributed by atoms with Crippen molar-refractivity contribution in [2.45, 2.75) is 31.2 Å². The van der Waals surface area contributed by atoms with Crippen LogP contribution in [0.5, 0.6) is 0 Å². The topological polar surface area (TPSA) is 64.6 Å². The number of hydrogen-bond acceptors (Lipinski definition) is 3. The highest BCUT2D eigenvalue weighted by Gasteiger charge is 2.35. The number of halogens is 3. The Hall–Kier alpha value is -1.80. The molecule has 0 aromatic heterocycles. The van der Waals surface area contributed by atoms with Crippen LogP contribution in [-0.2, 0) is 6.42 Å². The van der Waals surface area contributed by atoms with Gasteiger partial charge in [0.15, 0.2) is 0 Å². The molecule has 3 atom stereocenters. The van der Waals surface area contributed by atoms with Crippen LogP contribution in [0.2, 0.25) is 0 Å². The fraction of sp³-hybridized carbons (Fsp3) is 0.588. The average Bonchev–Trinajstić information content (AvgIpc) is 3.08. The molecule has 1 heterocycles. The van der Waals surface area contributed by atoms with E-state index in [4.69, 9.17) is 0 Å². The number of urea groups is 1. The highest BCUT2D eigenvalue weighted by atomic mass is 19.4. The predicted molar refractivity (Wildman–Crippen MR) is 86.0 cm³/mol. The second-order valence-corrected chi connectivity index (χ2v) is 6.81. The maximum Gasteiger partial charge on any atom is 0.401 e. The van der Waals surface area contributed by atoms with E-state index in [0.29, 0.717) is 32.5 Å². The summed E-state index contributed by atoms with van der Waals surface area (Å²) >= 11 is 0. The van der Waals surface area contributed by atoms with E-state index in [-0.39, 0.29) is 5.92 Å². The lowest BCUT2D eigenvalue weighted by molar-refractivity contribution is -0.143. The number of nitrogens with zero attached hydrogens (tertiary/aromatic N) is 1. The summed E-state index contributed by atoms with van der Waals surface area (Å²) in [6, 6.07) is 6.68. The van der Waals surface area contributed by atoms with Crippen LogP contribution in [0.4, 0.5) is 18.0 Å². The van der Waals surface area contributed by atoms with Crippen molar-refractivity contribution in [1.82, 2.24) is 15.5 Å². The summed E-state index contributed by atoms with van der Waals surface area (Å²) in [6.07, 6.45) is -3.73. The highest BCUT2D eigenvalue weighted by Crippen LogP contribution is 2.31. The number of amides is 2. The smallest absolute Gasteiger partial charge is 0.390 e. The normalized spacial score (nSPS) is 26.5. The molecule has 1 aliphatic heterocycles. The molecule has 0 bridgehead atoms. The van der Waals surface area contributed by atoms with Crippen molar-refractivity contribution in [3.63, 3.8) is 0 Å². The minimum Gasteiger partial charge on any atom is -0.390 e.